The van der Waals surface area contributed by atoms with Gasteiger partial charge in [0.25, 0.3) is 0 Å². The SMILES string of the molecule is COc1ccc(C)cc1Cn1cc([N+](=O)[O-])c(C(=O)O)n1. The normalized spacial score (nSPS) is 10.4. The smallest absolute Gasteiger partial charge is 0.363 e. The van der Waals surface area contributed by atoms with Crippen LogP contribution in [0.25, 0.3) is 0 Å². The number of hydrogen-bond donors (Lipinski definition) is 1. The van der Waals surface area contributed by atoms with Crippen molar-refractivity contribution in [1.82, 2.24) is 9.78 Å². The highest BCUT2D eigenvalue weighted by Gasteiger charge is 2.25. The summed E-state index contributed by atoms with van der Waals surface area (Å²) in [4.78, 5) is 21.0. The maximum atomic E-state index is 11.0. The average Bonchev–Trinajstić information content (AvgIpc) is 2.83. The van der Waals surface area contributed by atoms with Crippen LogP contribution in [0.4, 0.5) is 5.69 Å². The Labute approximate surface area is 119 Å². The van der Waals surface area contributed by atoms with Gasteiger partial charge in [0.1, 0.15) is 11.9 Å². The lowest BCUT2D eigenvalue weighted by atomic mass is 10.1. The van der Waals surface area contributed by atoms with Gasteiger partial charge < -0.3 is 9.84 Å². The van der Waals surface area contributed by atoms with E-state index in [9.17, 15) is 14.9 Å². The van der Waals surface area contributed by atoms with Crippen molar-refractivity contribution in [2.75, 3.05) is 7.11 Å². The summed E-state index contributed by atoms with van der Waals surface area (Å²) in [5.74, 6) is -0.827. The van der Waals surface area contributed by atoms with E-state index in [-0.39, 0.29) is 6.54 Å². The standard InChI is InChI=1S/C13H13N3O5/c1-8-3-4-11(21-2)9(5-8)6-15-7-10(16(19)20)12(14-15)13(17)18/h3-5,7H,6H2,1-2H3,(H,17,18). The minimum absolute atomic E-state index is 0.180. The van der Waals surface area contributed by atoms with E-state index >= 15 is 0 Å². The molecule has 1 aromatic heterocycles. The second-order valence-electron chi connectivity index (χ2n) is 4.44. The van der Waals surface area contributed by atoms with Gasteiger partial charge in [-0.25, -0.2) is 4.79 Å². The Hall–Kier alpha value is -2.90. The number of nitrogens with zero attached hydrogens (tertiary/aromatic N) is 3. The Kier molecular flexibility index (Phi) is 3.88. The molecule has 21 heavy (non-hydrogen) atoms. The second kappa shape index (κ2) is 5.61. The number of hydrogen-bond acceptors (Lipinski definition) is 5. The Morgan fingerprint density at radius 1 is 1.52 bits per heavy atom. The molecule has 0 radical (unpaired) electrons. The van der Waals surface area contributed by atoms with E-state index < -0.39 is 22.3 Å². The summed E-state index contributed by atoms with van der Waals surface area (Å²) in [5, 5.41) is 23.5. The van der Waals surface area contributed by atoms with Crippen molar-refractivity contribution >= 4 is 11.7 Å². The third-order valence-corrected chi connectivity index (χ3v) is 2.91. The predicted molar refractivity (Wildman–Crippen MR) is 72.7 cm³/mol. The van der Waals surface area contributed by atoms with Crippen molar-refractivity contribution in [3.63, 3.8) is 0 Å². The Bertz CT molecular complexity index is 676. The lowest BCUT2D eigenvalue weighted by molar-refractivity contribution is -0.385. The molecule has 0 fully saturated rings. The van der Waals surface area contributed by atoms with Crippen LogP contribution in [-0.4, -0.2) is 32.9 Å². The number of carboxylic acids is 1. The fourth-order valence-corrected chi connectivity index (χ4v) is 1.98. The fraction of sp³-hybridized carbons (Fsp3) is 0.231. The number of ether oxygens (including phenoxy) is 1. The number of aromatic carboxylic acids is 1. The van der Waals surface area contributed by atoms with Gasteiger partial charge in [-0.3, -0.25) is 14.8 Å². The van der Waals surface area contributed by atoms with E-state index in [0.717, 1.165) is 17.3 Å². The molecule has 0 aliphatic rings. The molecule has 0 bridgehead atoms. The summed E-state index contributed by atoms with van der Waals surface area (Å²) in [6.45, 7) is 2.08. The summed E-state index contributed by atoms with van der Waals surface area (Å²) < 4.78 is 6.43. The highest BCUT2D eigenvalue weighted by molar-refractivity contribution is 5.89. The van der Waals surface area contributed by atoms with Gasteiger partial charge in [0.15, 0.2) is 0 Å². The molecule has 1 aromatic carbocycles. The largest absolute Gasteiger partial charge is 0.496 e. The molecule has 0 saturated carbocycles. The molecule has 8 heteroatoms. The molecule has 0 amide bonds. The van der Waals surface area contributed by atoms with E-state index in [0.29, 0.717) is 5.75 Å². The zero-order chi connectivity index (χ0) is 15.6. The van der Waals surface area contributed by atoms with E-state index in [1.165, 1.54) is 11.8 Å². The molecule has 2 aromatic rings. The van der Waals surface area contributed by atoms with E-state index in [2.05, 4.69) is 5.10 Å². The first-order valence-corrected chi connectivity index (χ1v) is 6.01. The van der Waals surface area contributed by atoms with Crippen LogP contribution in [0.2, 0.25) is 0 Å². The number of aryl methyl sites for hydroxylation is 1. The molecule has 110 valence electrons. The number of aromatic nitrogens is 2. The van der Waals surface area contributed by atoms with Crippen molar-refractivity contribution in [3.8, 4) is 5.75 Å². The van der Waals surface area contributed by atoms with Gasteiger partial charge >= 0.3 is 11.7 Å². The van der Waals surface area contributed by atoms with Gasteiger partial charge in [0.05, 0.1) is 18.6 Å². The third kappa shape index (κ3) is 2.99. The molecule has 8 nitrogen and oxygen atoms in total. The summed E-state index contributed by atoms with van der Waals surface area (Å²) in [6.07, 6.45) is 1.10. The maximum Gasteiger partial charge on any atom is 0.363 e. The Morgan fingerprint density at radius 3 is 2.76 bits per heavy atom. The molecular weight excluding hydrogens is 278 g/mol. The summed E-state index contributed by atoms with van der Waals surface area (Å²) >= 11 is 0. The summed E-state index contributed by atoms with van der Waals surface area (Å²) in [7, 11) is 1.52. The van der Waals surface area contributed by atoms with Crippen LogP contribution >= 0.6 is 0 Å². The maximum absolute atomic E-state index is 11.0. The van der Waals surface area contributed by atoms with Crippen LogP contribution in [0.3, 0.4) is 0 Å². The van der Waals surface area contributed by atoms with Crippen molar-refractivity contribution in [2.24, 2.45) is 0 Å². The summed E-state index contributed by atoms with van der Waals surface area (Å²) in [6, 6.07) is 5.50. The van der Waals surface area contributed by atoms with Crippen LogP contribution < -0.4 is 4.74 Å². The number of carboxylic acid groups (broad SMARTS) is 1. The molecule has 0 aliphatic heterocycles. The number of carbonyl (C=O) groups is 1. The minimum atomic E-state index is -1.43. The first-order chi connectivity index (χ1) is 9.92. The highest BCUT2D eigenvalue weighted by Crippen LogP contribution is 2.22. The van der Waals surface area contributed by atoms with Crippen LogP contribution in [-0.2, 0) is 6.54 Å². The topological polar surface area (TPSA) is 107 Å². The first kappa shape index (κ1) is 14.5. The monoisotopic (exact) mass is 291 g/mol. The van der Waals surface area contributed by atoms with Gasteiger partial charge in [0.2, 0.25) is 5.69 Å². The molecule has 2 rings (SSSR count). The quantitative estimate of drug-likeness (QED) is 0.665. The second-order valence-corrected chi connectivity index (χ2v) is 4.44. The summed E-state index contributed by atoms with van der Waals surface area (Å²) in [5.41, 5.74) is 0.637. The van der Waals surface area contributed by atoms with Crippen LogP contribution in [0.5, 0.6) is 5.75 Å². The lowest BCUT2D eigenvalue weighted by Crippen LogP contribution is -2.05. The zero-order valence-electron chi connectivity index (χ0n) is 11.4. The van der Waals surface area contributed by atoms with Crippen molar-refractivity contribution < 1.29 is 19.6 Å². The molecule has 0 atom stereocenters. The predicted octanol–water partition coefficient (Wildman–Crippen LogP) is 1.85. The van der Waals surface area contributed by atoms with E-state index in [1.54, 1.807) is 6.07 Å². The van der Waals surface area contributed by atoms with E-state index in [4.69, 9.17) is 9.84 Å². The van der Waals surface area contributed by atoms with Gasteiger partial charge in [-0.15, -0.1) is 0 Å². The minimum Gasteiger partial charge on any atom is -0.496 e. The van der Waals surface area contributed by atoms with Gasteiger partial charge in [-0.05, 0) is 13.0 Å². The lowest BCUT2D eigenvalue weighted by Gasteiger charge is -2.09. The van der Waals surface area contributed by atoms with Crippen molar-refractivity contribution in [3.05, 3.63) is 51.3 Å². The molecule has 0 unspecified atom stereocenters. The molecule has 1 heterocycles. The highest BCUT2D eigenvalue weighted by atomic mass is 16.6. The van der Waals surface area contributed by atoms with Crippen molar-refractivity contribution in [1.29, 1.82) is 0 Å². The average molecular weight is 291 g/mol. The molecular formula is C13H13N3O5. The number of benzene rings is 1. The molecule has 1 N–H and O–H groups in total. The third-order valence-electron chi connectivity index (χ3n) is 2.91. The van der Waals surface area contributed by atoms with Gasteiger partial charge in [-0.1, -0.05) is 17.7 Å². The number of methoxy groups -OCH3 is 1. The Balaban J connectivity index is 2.40. The fourth-order valence-electron chi connectivity index (χ4n) is 1.98. The first-order valence-electron chi connectivity index (χ1n) is 6.01. The number of nitro groups is 1. The van der Waals surface area contributed by atoms with Crippen molar-refractivity contribution in [2.45, 2.75) is 13.5 Å². The van der Waals surface area contributed by atoms with E-state index in [1.807, 2.05) is 19.1 Å². The van der Waals surface area contributed by atoms with Gasteiger partial charge in [-0.2, -0.15) is 5.10 Å². The molecule has 0 spiro atoms. The Morgan fingerprint density at radius 2 is 2.24 bits per heavy atom. The van der Waals surface area contributed by atoms with Crippen LogP contribution in [0, 0.1) is 17.0 Å². The molecule has 0 aliphatic carbocycles. The van der Waals surface area contributed by atoms with Crippen LogP contribution in [0.1, 0.15) is 21.6 Å². The zero-order valence-corrected chi connectivity index (χ0v) is 11.4. The van der Waals surface area contributed by atoms with Crippen LogP contribution in [0.15, 0.2) is 24.4 Å². The number of rotatable bonds is 5. The molecule has 0 saturated heterocycles. The van der Waals surface area contributed by atoms with Gasteiger partial charge in [0, 0.05) is 5.56 Å².